The maximum atomic E-state index is 6.73. The Labute approximate surface area is 77.5 Å². The molecule has 0 aromatic heterocycles. The summed E-state index contributed by atoms with van der Waals surface area (Å²) < 4.78 is 11.0. The molecule has 1 heterocycles. The minimum Gasteiger partial charge on any atom is -0.344 e. The third kappa shape index (κ3) is 2.18. The van der Waals surface area contributed by atoms with Crippen molar-refractivity contribution >= 4 is 12.6 Å². The van der Waals surface area contributed by atoms with Gasteiger partial charge in [-0.25, -0.2) is 5.53 Å². The Morgan fingerprint density at radius 2 is 2.00 bits per heavy atom. The van der Waals surface area contributed by atoms with Crippen LogP contribution in [0.5, 0.6) is 0 Å². The van der Waals surface area contributed by atoms with Crippen molar-refractivity contribution in [1.82, 2.24) is 0 Å². The Kier molecular flexibility index (Phi) is 3.09. The number of rotatable bonds is 3. The molecule has 0 saturated carbocycles. The first-order valence-corrected chi connectivity index (χ1v) is 4.52. The minimum atomic E-state index is -0.553. The van der Waals surface area contributed by atoms with Crippen molar-refractivity contribution in [2.24, 2.45) is 5.11 Å². The Hall–Kier alpha value is -0.130. The molecule has 2 atom stereocenters. The number of ether oxygens (including phenoxy) is 2. The van der Waals surface area contributed by atoms with Gasteiger partial charge in [-0.2, -0.15) is 17.7 Å². The molecule has 1 fully saturated rings. The molecule has 1 aliphatic heterocycles. The van der Waals surface area contributed by atoms with E-state index in [2.05, 4.69) is 17.7 Å². The van der Waals surface area contributed by atoms with E-state index >= 15 is 0 Å². The fourth-order valence-electron chi connectivity index (χ4n) is 1.31. The van der Waals surface area contributed by atoms with E-state index < -0.39 is 5.79 Å². The van der Waals surface area contributed by atoms with Crippen LogP contribution >= 0.6 is 12.6 Å². The largest absolute Gasteiger partial charge is 0.344 e. The van der Waals surface area contributed by atoms with E-state index in [-0.39, 0.29) is 12.2 Å². The SMILES string of the molecule is CC1(C)O[C@@H](CS)[C@H](CN=N)O1. The smallest absolute Gasteiger partial charge is 0.163 e. The Morgan fingerprint density at radius 1 is 1.42 bits per heavy atom. The van der Waals surface area contributed by atoms with Crippen molar-refractivity contribution in [3.05, 3.63) is 0 Å². The van der Waals surface area contributed by atoms with Gasteiger partial charge in [0.25, 0.3) is 0 Å². The fourth-order valence-corrected chi connectivity index (χ4v) is 1.62. The first kappa shape index (κ1) is 9.95. The van der Waals surface area contributed by atoms with Crippen LogP contribution in [0.3, 0.4) is 0 Å². The van der Waals surface area contributed by atoms with Gasteiger partial charge < -0.3 is 9.47 Å². The van der Waals surface area contributed by atoms with Crippen molar-refractivity contribution < 1.29 is 9.47 Å². The van der Waals surface area contributed by atoms with Crippen molar-refractivity contribution in [3.63, 3.8) is 0 Å². The van der Waals surface area contributed by atoms with Gasteiger partial charge in [-0.05, 0) is 13.8 Å². The van der Waals surface area contributed by atoms with Crippen LogP contribution < -0.4 is 0 Å². The van der Waals surface area contributed by atoms with Crippen LogP contribution in [0, 0.1) is 5.53 Å². The highest BCUT2D eigenvalue weighted by Gasteiger charge is 2.40. The van der Waals surface area contributed by atoms with Crippen LogP contribution in [-0.4, -0.2) is 30.3 Å². The van der Waals surface area contributed by atoms with Crippen molar-refractivity contribution in [1.29, 1.82) is 5.53 Å². The maximum Gasteiger partial charge on any atom is 0.163 e. The molecule has 1 N–H and O–H groups in total. The van der Waals surface area contributed by atoms with Crippen LogP contribution in [0.15, 0.2) is 5.11 Å². The molecule has 1 aliphatic rings. The normalized spacial score (nSPS) is 33.6. The molecule has 5 heteroatoms. The van der Waals surface area contributed by atoms with Gasteiger partial charge in [0.05, 0.1) is 12.6 Å². The summed E-state index contributed by atoms with van der Waals surface area (Å²) in [5.74, 6) is 0.0480. The highest BCUT2D eigenvalue weighted by molar-refractivity contribution is 7.80. The molecular formula is C7H14N2O2S. The molecule has 0 amide bonds. The molecule has 0 bridgehead atoms. The van der Waals surface area contributed by atoms with Crippen LogP contribution in [0.25, 0.3) is 0 Å². The van der Waals surface area contributed by atoms with Crippen molar-refractivity contribution in [3.8, 4) is 0 Å². The van der Waals surface area contributed by atoms with Crippen LogP contribution in [0.4, 0.5) is 0 Å². The van der Waals surface area contributed by atoms with Gasteiger partial charge >= 0.3 is 0 Å². The zero-order valence-electron chi connectivity index (χ0n) is 7.28. The predicted molar refractivity (Wildman–Crippen MR) is 47.7 cm³/mol. The van der Waals surface area contributed by atoms with E-state index in [0.29, 0.717) is 12.3 Å². The van der Waals surface area contributed by atoms with Crippen LogP contribution in [0.1, 0.15) is 13.8 Å². The predicted octanol–water partition coefficient (Wildman–Crippen LogP) is 1.47. The lowest BCUT2D eigenvalue weighted by molar-refractivity contribution is -0.143. The van der Waals surface area contributed by atoms with Gasteiger partial charge in [-0.3, -0.25) is 0 Å². The van der Waals surface area contributed by atoms with Gasteiger partial charge in [-0.15, -0.1) is 0 Å². The zero-order chi connectivity index (χ0) is 9.19. The summed E-state index contributed by atoms with van der Waals surface area (Å²) in [5.41, 5.74) is 6.73. The molecular weight excluding hydrogens is 176 g/mol. The third-order valence-corrected chi connectivity index (χ3v) is 2.10. The lowest BCUT2D eigenvalue weighted by Gasteiger charge is -2.16. The molecule has 1 rings (SSSR count). The first-order chi connectivity index (χ1) is 5.59. The van der Waals surface area contributed by atoms with E-state index in [1.54, 1.807) is 0 Å². The number of thiol groups is 1. The lowest BCUT2D eigenvalue weighted by atomic mass is 10.2. The molecule has 0 aliphatic carbocycles. The second-order valence-electron chi connectivity index (χ2n) is 3.24. The lowest BCUT2D eigenvalue weighted by Crippen LogP contribution is -2.26. The van der Waals surface area contributed by atoms with Gasteiger partial charge in [0.1, 0.15) is 6.10 Å². The van der Waals surface area contributed by atoms with Crippen molar-refractivity contribution in [2.45, 2.75) is 31.8 Å². The first-order valence-electron chi connectivity index (χ1n) is 3.89. The number of nitrogens with one attached hydrogen (secondary N) is 1. The molecule has 4 nitrogen and oxygen atoms in total. The highest BCUT2D eigenvalue weighted by atomic mass is 32.1. The molecule has 0 aromatic rings. The van der Waals surface area contributed by atoms with Crippen molar-refractivity contribution in [2.75, 3.05) is 12.3 Å². The van der Waals surface area contributed by atoms with E-state index in [1.165, 1.54) is 0 Å². The quantitative estimate of drug-likeness (QED) is 0.523. The summed E-state index contributed by atoms with van der Waals surface area (Å²) in [6.45, 7) is 4.06. The summed E-state index contributed by atoms with van der Waals surface area (Å²) in [7, 11) is 0. The summed E-state index contributed by atoms with van der Waals surface area (Å²) in [6.07, 6.45) is -0.160. The zero-order valence-corrected chi connectivity index (χ0v) is 8.17. The van der Waals surface area contributed by atoms with E-state index in [0.717, 1.165) is 0 Å². The number of hydrogen-bond donors (Lipinski definition) is 2. The topological polar surface area (TPSA) is 54.7 Å². The Bertz CT molecular complexity index is 175. The maximum absolute atomic E-state index is 6.73. The van der Waals surface area contributed by atoms with Gasteiger partial charge in [0.15, 0.2) is 5.79 Å². The van der Waals surface area contributed by atoms with Crippen LogP contribution in [-0.2, 0) is 9.47 Å². The van der Waals surface area contributed by atoms with E-state index in [1.807, 2.05) is 13.8 Å². The van der Waals surface area contributed by atoms with E-state index in [9.17, 15) is 0 Å². The highest BCUT2D eigenvalue weighted by Crippen LogP contribution is 2.28. The summed E-state index contributed by atoms with van der Waals surface area (Å²) in [6, 6.07) is 0. The number of hydrogen-bond acceptors (Lipinski definition) is 5. The Morgan fingerprint density at radius 3 is 2.50 bits per heavy atom. The van der Waals surface area contributed by atoms with E-state index in [4.69, 9.17) is 15.0 Å². The summed E-state index contributed by atoms with van der Waals surface area (Å²) >= 11 is 4.14. The minimum absolute atomic E-state index is 0.0440. The second kappa shape index (κ2) is 3.72. The molecule has 70 valence electrons. The van der Waals surface area contributed by atoms with Crippen LogP contribution in [0.2, 0.25) is 0 Å². The second-order valence-corrected chi connectivity index (χ2v) is 3.60. The average molecular weight is 190 g/mol. The standard InChI is InChI=1S/C7H14N2O2S/c1-7(2)10-5(3-9-8)6(4-12)11-7/h5-6,8,12H,3-4H2,1-2H3/t5-,6-/m0/s1. The monoisotopic (exact) mass is 190 g/mol. The third-order valence-electron chi connectivity index (χ3n) is 1.74. The summed E-state index contributed by atoms with van der Waals surface area (Å²) in [5, 5.41) is 3.29. The number of nitrogens with zero attached hydrogens (tertiary/aromatic N) is 1. The molecule has 1 saturated heterocycles. The fraction of sp³-hybridized carbons (Fsp3) is 1.00. The average Bonchev–Trinajstić information content (AvgIpc) is 2.26. The van der Waals surface area contributed by atoms with Gasteiger partial charge in [0, 0.05) is 5.75 Å². The molecule has 0 spiro atoms. The molecule has 0 radical (unpaired) electrons. The summed E-state index contributed by atoms with van der Waals surface area (Å²) in [4.78, 5) is 0. The Balaban J connectivity index is 2.56. The molecule has 0 unspecified atom stereocenters. The molecule has 12 heavy (non-hydrogen) atoms. The molecule has 0 aromatic carbocycles. The van der Waals surface area contributed by atoms with Gasteiger partial charge in [0.2, 0.25) is 0 Å². The van der Waals surface area contributed by atoms with Gasteiger partial charge in [-0.1, -0.05) is 0 Å².